The number of rotatable bonds is 6. The summed E-state index contributed by atoms with van der Waals surface area (Å²) < 4.78 is 11.0. The molecule has 0 atom stereocenters. The van der Waals surface area contributed by atoms with Crippen molar-refractivity contribution in [2.75, 3.05) is 6.61 Å². The average molecular weight is 354 g/mol. The van der Waals surface area contributed by atoms with Gasteiger partial charge in [-0.15, -0.1) is 0 Å². The van der Waals surface area contributed by atoms with Gasteiger partial charge in [0, 0.05) is 12.0 Å². The topological polar surface area (TPSA) is 52.6 Å². The van der Waals surface area contributed by atoms with Gasteiger partial charge in [0.25, 0.3) is 0 Å². The molecule has 0 aliphatic heterocycles. The van der Waals surface area contributed by atoms with Crippen LogP contribution in [-0.4, -0.2) is 18.4 Å². The van der Waals surface area contributed by atoms with Gasteiger partial charge in [0.2, 0.25) is 0 Å². The molecule has 0 heterocycles. The van der Waals surface area contributed by atoms with E-state index in [1.165, 1.54) is 0 Å². The average Bonchev–Trinajstić information content (AvgIpc) is 2.60. The number of aryl methyl sites for hydroxylation is 1. The zero-order valence-electron chi connectivity index (χ0n) is 16.1. The molecule has 0 saturated carbocycles. The van der Waals surface area contributed by atoms with Crippen molar-refractivity contribution in [3.05, 3.63) is 59.2 Å². The van der Waals surface area contributed by atoms with Crippen molar-refractivity contribution in [1.82, 2.24) is 0 Å². The Kier molecular flexibility index (Phi) is 6.19. The first kappa shape index (κ1) is 19.7. The van der Waals surface area contributed by atoms with E-state index in [9.17, 15) is 9.59 Å². The second-order valence-corrected chi connectivity index (χ2v) is 7.31. The van der Waals surface area contributed by atoms with Crippen molar-refractivity contribution in [3.63, 3.8) is 0 Å². The monoisotopic (exact) mass is 354 g/mol. The van der Waals surface area contributed by atoms with Gasteiger partial charge in [0.05, 0.1) is 0 Å². The molecule has 0 spiro atoms. The van der Waals surface area contributed by atoms with Crippen LogP contribution in [0.25, 0.3) is 0 Å². The van der Waals surface area contributed by atoms with Gasteiger partial charge in [-0.25, -0.2) is 4.79 Å². The first-order chi connectivity index (χ1) is 12.2. The van der Waals surface area contributed by atoms with Crippen LogP contribution in [0, 0.1) is 6.92 Å². The lowest BCUT2D eigenvalue weighted by Crippen LogP contribution is -2.20. The van der Waals surface area contributed by atoms with E-state index in [1.54, 1.807) is 24.3 Å². The quantitative estimate of drug-likeness (QED) is 0.422. The Bertz CT molecular complexity index is 783. The van der Waals surface area contributed by atoms with Crippen molar-refractivity contribution in [2.24, 2.45) is 0 Å². The molecule has 0 radical (unpaired) electrons. The van der Waals surface area contributed by atoms with E-state index in [1.807, 2.05) is 26.0 Å². The molecule has 0 aliphatic rings. The van der Waals surface area contributed by atoms with Gasteiger partial charge in [0.15, 0.2) is 12.4 Å². The lowest BCUT2D eigenvalue weighted by atomic mass is 9.85. The molecule has 2 aromatic rings. The Balaban J connectivity index is 2.00. The van der Waals surface area contributed by atoms with Gasteiger partial charge in [0.1, 0.15) is 11.5 Å². The highest BCUT2D eigenvalue weighted by Crippen LogP contribution is 2.32. The minimum atomic E-state index is -0.486. The Labute approximate surface area is 155 Å². The van der Waals surface area contributed by atoms with Crippen molar-refractivity contribution in [1.29, 1.82) is 0 Å². The van der Waals surface area contributed by atoms with E-state index in [0.717, 1.165) is 11.1 Å². The van der Waals surface area contributed by atoms with Crippen LogP contribution in [0.15, 0.2) is 42.5 Å². The Hall–Kier alpha value is -2.62. The number of Topliss-reactive ketones (excluding diaryl/α,β-unsaturated/α-hetero) is 1. The lowest BCUT2D eigenvalue weighted by molar-refractivity contribution is -0.136. The molecule has 2 rings (SSSR count). The molecule has 4 nitrogen and oxygen atoms in total. The fraction of sp³-hybridized carbons (Fsp3) is 0.364. The van der Waals surface area contributed by atoms with Crippen LogP contribution in [0.4, 0.5) is 0 Å². The van der Waals surface area contributed by atoms with Crippen LogP contribution in [0.1, 0.15) is 55.6 Å². The number of hydrogen-bond donors (Lipinski definition) is 0. The predicted octanol–water partition coefficient (Wildman–Crippen LogP) is 4.87. The maximum atomic E-state index is 12.1. The number of esters is 1. The van der Waals surface area contributed by atoms with Gasteiger partial charge in [-0.05, 0) is 48.2 Å². The van der Waals surface area contributed by atoms with Crippen molar-refractivity contribution in [3.8, 4) is 11.5 Å². The third-order valence-corrected chi connectivity index (χ3v) is 4.02. The van der Waals surface area contributed by atoms with Gasteiger partial charge in [-0.3, -0.25) is 4.79 Å². The summed E-state index contributed by atoms with van der Waals surface area (Å²) in [4.78, 5) is 23.7. The SMILES string of the molecule is CCC(=O)c1ccc(OC(=O)COc2ccc(C)cc2C(C)(C)C)cc1. The van der Waals surface area contributed by atoms with Crippen molar-refractivity contribution in [2.45, 2.75) is 46.5 Å². The van der Waals surface area contributed by atoms with Crippen LogP contribution in [0.5, 0.6) is 11.5 Å². The molecular formula is C22H26O4. The molecule has 0 aliphatic carbocycles. The summed E-state index contributed by atoms with van der Waals surface area (Å²) in [5.74, 6) is 0.649. The van der Waals surface area contributed by atoms with Gasteiger partial charge in [-0.1, -0.05) is 45.4 Å². The molecule has 0 saturated heterocycles. The van der Waals surface area contributed by atoms with E-state index in [-0.39, 0.29) is 17.8 Å². The zero-order chi connectivity index (χ0) is 19.3. The standard InChI is InChI=1S/C22H26O4/c1-6-19(23)16-8-10-17(11-9-16)26-21(24)14-25-20-12-7-15(2)13-18(20)22(3,4)5/h7-13H,6,14H2,1-5H3. The molecule has 0 fully saturated rings. The fourth-order valence-corrected chi connectivity index (χ4v) is 2.57. The van der Waals surface area contributed by atoms with E-state index < -0.39 is 5.97 Å². The molecule has 0 amide bonds. The van der Waals surface area contributed by atoms with E-state index in [4.69, 9.17) is 9.47 Å². The molecule has 138 valence electrons. The largest absolute Gasteiger partial charge is 0.482 e. The predicted molar refractivity (Wildman–Crippen MR) is 102 cm³/mol. The van der Waals surface area contributed by atoms with Crippen LogP contribution in [-0.2, 0) is 10.2 Å². The minimum Gasteiger partial charge on any atom is -0.482 e. The number of benzene rings is 2. The molecule has 0 unspecified atom stereocenters. The summed E-state index contributed by atoms with van der Waals surface area (Å²) in [5.41, 5.74) is 2.71. The third-order valence-electron chi connectivity index (χ3n) is 4.02. The van der Waals surface area contributed by atoms with Crippen LogP contribution in [0.2, 0.25) is 0 Å². The summed E-state index contributed by atoms with van der Waals surface area (Å²) >= 11 is 0. The second kappa shape index (κ2) is 8.17. The normalized spacial score (nSPS) is 11.1. The van der Waals surface area contributed by atoms with Crippen molar-refractivity contribution >= 4 is 11.8 Å². The first-order valence-corrected chi connectivity index (χ1v) is 8.78. The molecule has 4 heteroatoms. The third kappa shape index (κ3) is 5.19. The van der Waals surface area contributed by atoms with Gasteiger partial charge >= 0.3 is 5.97 Å². The molecule has 26 heavy (non-hydrogen) atoms. The summed E-state index contributed by atoms with van der Waals surface area (Å²) in [6, 6.07) is 12.5. The lowest BCUT2D eigenvalue weighted by Gasteiger charge is -2.23. The molecule has 0 N–H and O–H groups in total. The number of ketones is 1. The van der Waals surface area contributed by atoms with Crippen molar-refractivity contribution < 1.29 is 19.1 Å². The highest BCUT2D eigenvalue weighted by atomic mass is 16.6. The smallest absolute Gasteiger partial charge is 0.349 e. The maximum absolute atomic E-state index is 12.1. The fourth-order valence-electron chi connectivity index (χ4n) is 2.57. The summed E-state index contributed by atoms with van der Waals surface area (Å²) in [7, 11) is 0. The van der Waals surface area contributed by atoms with E-state index >= 15 is 0 Å². The van der Waals surface area contributed by atoms with Crippen LogP contribution in [0.3, 0.4) is 0 Å². The van der Waals surface area contributed by atoms with E-state index in [0.29, 0.717) is 23.5 Å². The number of carbonyl (C=O) groups is 2. The molecule has 0 aromatic heterocycles. The van der Waals surface area contributed by atoms with E-state index in [2.05, 4.69) is 26.8 Å². The summed E-state index contributed by atoms with van der Waals surface area (Å²) in [6.07, 6.45) is 0.444. The molecule has 0 bridgehead atoms. The number of hydrogen-bond acceptors (Lipinski definition) is 4. The number of ether oxygens (including phenoxy) is 2. The molecule has 2 aromatic carbocycles. The highest BCUT2D eigenvalue weighted by molar-refractivity contribution is 5.95. The number of carbonyl (C=O) groups excluding carboxylic acids is 2. The Morgan fingerprint density at radius 1 is 1.00 bits per heavy atom. The second-order valence-electron chi connectivity index (χ2n) is 7.31. The summed E-state index contributed by atoms with van der Waals surface area (Å²) in [5, 5.41) is 0. The van der Waals surface area contributed by atoms with Crippen LogP contribution >= 0.6 is 0 Å². The first-order valence-electron chi connectivity index (χ1n) is 8.78. The Morgan fingerprint density at radius 2 is 1.65 bits per heavy atom. The van der Waals surface area contributed by atoms with Crippen LogP contribution < -0.4 is 9.47 Å². The summed E-state index contributed by atoms with van der Waals surface area (Å²) in [6.45, 7) is 9.97. The zero-order valence-corrected chi connectivity index (χ0v) is 16.1. The maximum Gasteiger partial charge on any atom is 0.349 e. The Morgan fingerprint density at radius 3 is 2.23 bits per heavy atom. The minimum absolute atomic E-state index is 0.0558. The highest BCUT2D eigenvalue weighted by Gasteiger charge is 2.20. The van der Waals surface area contributed by atoms with Gasteiger partial charge < -0.3 is 9.47 Å². The van der Waals surface area contributed by atoms with Gasteiger partial charge in [-0.2, -0.15) is 0 Å². The molecular weight excluding hydrogens is 328 g/mol.